The highest BCUT2D eigenvalue weighted by Crippen LogP contribution is 2.22. The lowest BCUT2D eigenvalue weighted by atomic mass is 10.2. The van der Waals surface area contributed by atoms with E-state index in [1.165, 1.54) is 0 Å². The minimum atomic E-state index is -4.33. The van der Waals surface area contributed by atoms with E-state index in [1.54, 1.807) is 6.07 Å². The Morgan fingerprint density at radius 2 is 1.95 bits per heavy atom. The number of alkyl halides is 3. The third-order valence-electron chi connectivity index (χ3n) is 2.87. The molecule has 1 aromatic rings. The molecule has 112 valence electrons. The molecule has 4 nitrogen and oxygen atoms in total. The number of hydrogen-bond donors (Lipinski definition) is 1. The first-order valence-electron chi connectivity index (χ1n) is 6.38. The maximum atomic E-state index is 11.9. The van der Waals surface area contributed by atoms with Gasteiger partial charge in [0.1, 0.15) is 12.4 Å². The second-order valence-electron chi connectivity index (χ2n) is 4.46. The monoisotopic (exact) mass is 290 g/mol. The molecule has 7 heteroatoms. The van der Waals surface area contributed by atoms with Gasteiger partial charge < -0.3 is 19.7 Å². The SMILES string of the molecule is FC(F)(F)COCOc1cccc(N2CCNCC2)c1. The summed E-state index contributed by atoms with van der Waals surface area (Å²) >= 11 is 0. The van der Waals surface area contributed by atoms with Gasteiger partial charge >= 0.3 is 6.18 Å². The van der Waals surface area contributed by atoms with E-state index in [4.69, 9.17) is 4.74 Å². The third-order valence-corrected chi connectivity index (χ3v) is 2.87. The molecule has 0 atom stereocenters. The Balaban J connectivity index is 1.83. The number of piperazine rings is 1. The minimum Gasteiger partial charge on any atom is -0.467 e. The quantitative estimate of drug-likeness (QED) is 0.664. The van der Waals surface area contributed by atoms with Crippen molar-refractivity contribution in [3.8, 4) is 5.75 Å². The number of ether oxygens (including phenoxy) is 2. The standard InChI is InChI=1S/C13H17F3N2O2/c14-13(15,16)9-19-10-20-12-3-1-2-11(8-12)18-6-4-17-5-7-18/h1-3,8,17H,4-7,9-10H2. The van der Waals surface area contributed by atoms with Crippen LogP contribution >= 0.6 is 0 Å². The Morgan fingerprint density at radius 3 is 2.65 bits per heavy atom. The molecule has 0 amide bonds. The fourth-order valence-corrected chi connectivity index (χ4v) is 1.96. The summed E-state index contributed by atoms with van der Waals surface area (Å²) in [6, 6.07) is 7.27. The first kappa shape index (κ1) is 14.9. The van der Waals surface area contributed by atoms with Gasteiger partial charge in [-0.2, -0.15) is 13.2 Å². The Morgan fingerprint density at radius 1 is 1.20 bits per heavy atom. The van der Waals surface area contributed by atoms with Crippen LogP contribution in [0.25, 0.3) is 0 Å². The van der Waals surface area contributed by atoms with Gasteiger partial charge in [-0.15, -0.1) is 0 Å². The summed E-state index contributed by atoms with van der Waals surface area (Å²) in [5.74, 6) is 0.503. The van der Waals surface area contributed by atoms with E-state index in [-0.39, 0.29) is 0 Å². The topological polar surface area (TPSA) is 33.7 Å². The van der Waals surface area contributed by atoms with Crippen LogP contribution in [0.5, 0.6) is 5.75 Å². The number of hydrogen-bond acceptors (Lipinski definition) is 4. The van der Waals surface area contributed by atoms with Gasteiger partial charge in [0.2, 0.25) is 0 Å². The van der Waals surface area contributed by atoms with Crippen LogP contribution in [0, 0.1) is 0 Å². The average Bonchev–Trinajstić information content (AvgIpc) is 2.44. The Hall–Kier alpha value is -1.47. The van der Waals surface area contributed by atoms with E-state index in [1.807, 2.05) is 18.2 Å². The first-order chi connectivity index (χ1) is 9.54. The highest BCUT2D eigenvalue weighted by molar-refractivity contribution is 5.51. The van der Waals surface area contributed by atoms with Crippen LogP contribution in [0.15, 0.2) is 24.3 Å². The van der Waals surface area contributed by atoms with E-state index in [9.17, 15) is 13.2 Å². The molecule has 1 aromatic carbocycles. The van der Waals surface area contributed by atoms with Crippen molar-refractivity contribution in [2.75, 3.05) is 44.5 Å². The summed E-state index contributed by atoms with van der Waals surface area (Å²) in [5, 5.41) is 3.26. The summed E-state index contributed by atoms with van der Waals surface area (Å²) in [7, 11) is 0. The summed E-state index contributed by atoms with van der Waals surface area (Å²) in [6.07, 6.45) is -4.33. The molecule has 20 heavy (non-hydrogen) atoms. The molecule has 0 saturated carbocycles. The fraction of sp³-hybridized carbons (Fsp3) is 0.538. The highest BCUT2D eigenvalue weighted by Gasteiger charge is 2.27. The normalized spacial score (nSPS) is 16.2. The van der Waals surface area contributed by atoms with Crippen molar-refractivity contribution < 1.29 is 22.6 Å². The summed E-state index contributed by atoms with van der Waals surface area (Å²) in [5.41, 5.74) is 1.000. The van der Waals surface area contributed by atoms with Gasteiger partial charge in [-0.25, -0.2) is 0 Å². The smallest absolute Gasteiger partial charge is 0.411 e. The van der Waals surface area contributed by atoms with Crippen LogP contribution in [0.2, 0.25) is 0 Å². The van der Waals surface area contributed by atoms with Gasteiger partial charge in [0, 0.05) is 37.9 Å². The van der Waals surface area contributed by atoms with Crippen molar-refractivity contribution in [2.45, 2.75) is 6.18 Å². The number of halogens is 3. The lowest BCUT2D eigenvalue weighted by Gasteiger charge is -2.29. The average molecular weight is 290 g/mol. The van der Waals surface area contributed by atoms with Crippen LogP contribution in [0.4, 0.5) is 18.9 Å². The van der Waals surface area contributed by atoms with Gasteiger partial charge in [-0.3, -0.25) is 0 Å². The molecule has 0 aromatic heterocycles. The van der Waals surface area contributed by atoms with Crippen molar-refractivity contribution in [2.24, 2.45) is 0 Å². The van der Waals surface area contributed by atoms with Crippen molar-refractivity contribution in [1.29, 1.82) is 0 Å². The number of nitrogens with zero attached hydrogens (tertiary/aromatic N) is 1. The van der Waals surface area contributed by atoms with Crippen LogP contribution in [-0.4, -0.2) is 45.8 Å². The molecule has 1 N–H and O–H groups in total. The third kappa shape index (κ3) is 4.90. The molecule has 1 fully saturated rings. The number of anilines is 1. The predicted molar refractivity (Wildman–Crippen MR) is 69.0 cm³/mol. The van der Waals surface area contributed by atoms with E-state index >= 15 is 0 Å². The van der Waals surface area contributed by atoms with Crippen LogP contribution in [0.3, 0.4) is 0 Å². The van der Waals surface area contributed by atoms with Crippen molar-refractivity contribution >= 4 is 5.69 Å². The molecule has 0 spiro atoms. The zero-order chi connectivity index (χ0) is 14.4. The van der Waals surface area contributed by atoms with Crippen LogP contribution in [0.1, 0.15) is 0 Å². The van der Waals surface area contributed by atoms with Crippen LogP contribution in [-0.2, 0) is 4.74 Å². The molecule has 0 radical (unpaired) electrons. The molecular formula is C13H17F3N2O2. The maximum absolute atomic E-state index is 11.9. The van der Waals surface area contributed by atoms with Crippen LogP contribution < -0.4 is 15.0 Å². The van der Waals surface area contributed by atoms with Gasteiger partial charge in [0.25, 0.3) is 0 Å². The van der Waals surface area contributed by atoms with Crippen molar-refractivity contribution in [1.82, 2.24) is 5.32 Å². The molecule has 0 bridgehead atoms. The van der Waals surface area contributed by atoms with E-state index in [2.05, 4.69) is 15.0 Å². The number of rotatable bonds is 5. The fourth-order valence-electron chi connectivity index (χ4n) is 1.96. The molecule has 0 unspecified atom stereocenters. The lowest BCUT2D eigenvalue weighted by molar-refractivity contribution is -0.186. The van der Waals surface area contributed by atoms with Gasteiger partial charge in [-0.1, -0.05) is 6.07 Å². The predicted octanol–water partition coefficient (Wildman–Crippen LogP) is 2.01. The summed E-state index contributed by atoms with van der Waals surface area (Å²) < 4.78 is 45.3. The minimum absolute atomic E-state index is 0.412. The molecular weight excluding hydrogens is 273 g/mol. The van der Waals surface area contributed by atoms with Gasteiger partial charge in [-0.05, 0) is 12.1 Å². The number of benzene rings is 1. The van der Waals surface area contributed by atoms with Crippen molar-refractivity contribution in [3.63, 3.8) is 0 Å². The zero-order valence-corrected chi connectivity index (χ0v) is 10.9. The molecule has 1 aliphatic heterocycles. The van der Waals surface area contributed by atoms with Crippen molar-refractivity contribution in [3.05, 3.63) is 24.3 Å². The molecule has 1 aliphatic rings. The van der Waals surface area contributed by atoms with Gasteiger partial charge in [0.05, 0.1) is 0 Å². The van der Waals surface area contributed by atoms with E-state index < -0.39 is 19.6 Å². The Kier molecular flexibility index (Phi) is 5.08. The largest absolute Gasteiger partial charge is 0.467 e. The molecule has 0 aliphatic carbocycles. The molecule has 1 saturated heterocycles. The van der Waals surface area contributed by atoms with Gasteiger partial charge in [0.15, 0.2) is 6.79 Å². The number of nitrogens with one attached hydrogen (secondary N) is 1. The lowest BCUT2D eigenvalue weighted by Crippen LogP contribution is -2.43. The molecule has 2 rings (SSSR count). The second kappa shape index (κ2) is 6.81. The van der Waals surface area contributed by atoms with E-state index in [0.717, 1.165) is 31.9 Å². The Labute approximate surface area is 115 Å². The molecule has 1 heterocycles. The maximum Gasteiger partial charge on any atom is 0.411 e. The zero-order valence-electron chi connectivity index (χ0n) is 10.9. The van der Waals surface area contributed by atoms with E-state index in [0.29, 0.717) is 5.75 Å². The first-order valence-corrected chi connectivity index (χ1v) is 6.38. The Bertz CT molecular complexity index is 420. The summed E-state index contributed by atoms with van der Waals surface area (Å²) in [6.45, 7) is 1.91. The highest BCUT2D eigenvalue weighted by atomic mass is 19.4. The second-order valence-corrected chi connectivity index (χ2v) is 4.46. The summed E-state index contributed by atoms with van der Waals surface area (Å²) in [4.78, 5) is 2.19.